The second-order valence-corrected chi connectivity index (χ2v) is 9.91. The van der Waals surface area contributed by atoms with Gasteiger partial charge in [0.05, 0.1) is 0 Å². The van der Waals surface area contributed by atoms with Crippen LogP contribution in [0.3, 0.4) is 0 Å². The van der Waals surface area contributed by atoms with E-state index in [1.165, 1.54) is 64.2 Å². The molecule has 0 aromatic rings. The Morgan fingerprint density at radius 2 is 1.64 bits per heavy atom. The molecule has 4 saturated carbocycles. The second kappa shape index (κ2) is 4.87. The fraction of sp³-hybridized carbons (Fsp3) is 0.909. The fourth-order valence-electron chi connectivity index (χ4n) is 7.93. The van der Waals surface area contributed by atoms with Crippen LogP contribution in [0, 0.1) is 34.0 Å². The minimum Gasteiger partial charge on any atom is -0.0879 e. The summed E-state index contributed by atoms with van der Waals surface area (Å²) < 4.78 is 0. The molecule has 6 unspecified atom stereocenters. The Labute approximate surface area is 138 Å². The van der Waals surface area contributed by atoms with Gasteiger partial charge in [0.2, 0.25) is 0 Å². The maximum atomic E-state index is 2.71. The molecule has 4 rings (SSSR count). The first-order chi connectivity index (χ1) is 10.4. The molecule has 0 saturated heterocycles. The van der Waals surface area contributed by atoms with Crippen LogP contribution in [0.15, 0.2) is 11.6 Å². The molecule has 0 aromatic heterocycles. The summed E-state index contributed by atoms with van der Waals surface area (Å²) in [6.07, 6.45) is 17.4. The normalized spacial score (nSPS) is 56.4. The van der Waals surface area contributed by atoms with E-state index in [0.29, 0.717) is 16.2 Å². The Hall–Kier alpha value is -0.260. The third-order valence-electron chi connectivity index (χ3n) is 9.53. The van der Waals surface area contributed by atoms with Crippen molar-refractivity contribution in [1.82, 2.24) is 0 Å². The number of fused-ring (bicyclic) bond motifs is 5. The lowest BCUT2D eigenvalue weighted by Crippen LogP contribution is -2.56. The monoisotopic (exact) mass is 300 g/mol. The van der Waals surface area contributed by atoms with E-state index in [4.69, 9.17) is 0 Å². The van der Waals surface area contributed by atoms with Gasteiger partial charge in [-0.05, 0) is 92.3 Å². The predicted octanol–water partition coefficient (Wildman–Crippen LogP) is 6.76. The topological polar surface area (TPSA) is 0 Å². The molecule has 0 spiro atoms. The quantitative estimate of drug-likeness (QED) is 0.434. The Balaban J connectivity index is 1.69. The van der Waals surface area contributed by atoms with E-state index in [2.05, 4.69) is 33.8 Å². The van der Waals surface area contributed by atoms with Crippen molar-refractivity contribution in [2.75, 3.05) is 0 Å². The summed E-state index contributed by atoms with van der Waals surface area (Å²) >= 11 is 0. The highest BCUT2D eigenvalue weighted by molar-refractivity contribution is 5.24. The molecule has 0 amide bonds. The Morgan fingerprint density at radius 1 is 0.864 bits per heavy atom. The minimum absolute atomic E-state index is 0.564. The molecule has 4 aliphatic carbocycles. The maximum Gasteiger partial charge on any atom is -0.00853 e. The van der Waals surface area contributed by atoms with Gasteiger partial charge in [-0.25, -0.2) is 0 Å². The first-order valence-corrected chi connectivity index (χ1v) is 10.1. The van der Waals surface area contributed by atoms with Crippen molar-refractivity contribution in [2.24, 2.45) is 34.0 Å². The van der Waals surface area contributed by atoms with Crippen LogP contribution in [0.2, 0.25) is 0 Å². The van der Waals surface area contributed by atoms with Gasteiger partial charge in [0.15, 0.2) is 0 Å². The average molecular weight is 301 g/mol. The molecule has 4 aliphatic rings. The average Bonchev–Trinajstić information content (AvgIpc) is 2.84. The summed E-state index contributed by atoms with van der Waals surface area (Å²) in [6, 6.07) is 0. The standard InChI is InChI=1S/C22H36/c1-5-16-8-9-18-17-10-14-20(2)12-6-7-13-22(20,4)19(17)11-15-21(16,18)3/h5,17-19H,6-15H2,1-4H3/b16-5-. The summed E-state index contributed by atoms with van der Waals surface area (Å²) in [6.45, 7) is 10.3. The molecule has 0 N–H and O–H groups in total. The number of allylic oxidation sites excluding steroid dienone is 2. The van der Waals surface area contributed by atoms with Crippen LogP contribution >= 0.6 is 0 Å². The van der Waals surface area contributed by atoms with Gasteiger partial charge in [0, 0.05) is 0 Å². The molecule has 0 bridgehead atoms. The highest BCUT2D eigenvalue weighted by Gasteiger charge is 2.61. The molecular formula is C22H36. The molecular weight excluding hydrogens is 264 g/mol. The lowest BCUT2D eigenvalue weighted by Gasteiger charge is -2.64. The molecule has 4 fully saturated rings. The van der Waals surface area contributed by atoms with Gasteiger partial charge in [-0.2, -0.15) is 0 Å². The number of hydrogen-bond acceptors (Lipinski definition) is 0. The summed E-state index contributed by atoms with van der Waals surface area (Å²) in [4.78, 5) is 0. The van der Waals surface area contributed by atoms with Crippen molar-refractivity contribution in [1.29, 1.82) is 0 Å². The first kappa shape index (κ1) is 15.3. The van der Waals surface area contributed by atoms with E-state index >= 15 is 0 Å². The van der Waals surface area contributed by atoms with Gasteiger partial charge in [0.1, 0.15) is 0 Å². The largest absolute Gasteiger partial charge is 0.0879 e. The molecule has 0 aromatic carbocycles. The van der Waals surface area contributed by atoms with Gasteiger partial charge in [-0.1, -0.05) is 45.3 Å². The van der Waals surface area contributed by atoms with Crippen molar-refractivity contribution in [2.45, 2.75) is 91.9 Å². The number of hydrogen-bond donors (Lipinski definition) is 0. The fourth-order valence-corrected chi connectivity index (χ4v) is 7.93. The minimum atomic E-state index is 0.564. The summed E-state index contributed by atoms with van der Waals surface area (Å²) in [5.74, 6) is 3.06. The van der Waals surface area contributed by atoms with Crippen molar-refractivity contribution in [3.8, 4) is 0 Å². The predicted molar refractivity (Wildman–Crippen MR) is 94.7 cm³/mol. The van der Waals surface area contributed by atoms with Crippen LogP contribution in [0.5, 0.6) is 0 Å². The van der Waals surface area contributed by atoms with E-state index in [9.17, 15) is 0 Å². The molecule has 0 radical (unpaired) electrons. The zero-order valence-electron chi connectivity index (χ0n) is 15.4. The smallest absolute Gasteiger partial charge is 0.00853 e. The lowest BCUT2D eigenvalue weighted by atomic mass is 9.41. The third-order valence-corrected chi connectivity index (χ3v) is 9.53. The highest BCUT2D eigenvalue weighted by atomic mass is 14.7. The number of rotatable bonds is 0. The highest BCUT2D eigenvalue weighted by Crippen LogP contribution is 2.70. The zero-order chi connectivity index (χ0) is 15.6. The van der Waals surface area contributed by atoms with Crippen LogP contribution < -0.4 is 0 Å². The van der Waals surface area contributed by atoms with E-state index in [1.807, 2.05) is 0 Å². The van der Waals surface area contributed by atoms with Crippen LogP contribution in [-0.4, -0.2) is 0 Å². The zero-order valence-corrected chi connectivity index (χ0v) is 15.4. The van der Waals surface area contributed by atoms with Gasteiger partial charge in [-0.15, -0.1) is 0 Å². The second-order valence-electron chi connectivity index (χ2n) is 9.91. The van der Waals surface area contributed by atoms with Crippen molar-refractivity contribution in [3.63, 3.8) is 0 Å². The summed E-state index contributed by atoms with van der Waals surface area (Å²) in [5.41, 5.74) is 3.67. The van der Waals surface area contributed by atoms with E-state index in [-0.39, 0.29) is 0 Å². The van der Waals surface area contributed by atoms with E-state index < -0.39 is 0 Å². The summed E-state index contributed by atoms with van der Waals surface area (Å²) in [7, 11) is 0. The molecule has 124 valence electrons. The van der Waals surface area contributed by atoms with Crippen LogP contribution in [0.25, 0.3) is 0 Å². The third kappa shape index (κ3) is 1.76. The van der Waals surface area contributed by atoms with Crippen molar-refractivity contribution < 1.29 is 0 Å². The van der Waals surface area contributed by atoms with E-state index in [0.717, 1.165) is 17.8 Å². The SMILES string of the molecule is C/C=C1/CCC2C3CCC4(C)CCCCC4(C)C3CCC12C. The van der Waals surface area contributed by atoms with Crippen LogP contribution in [-0.2, 0) is 0 Å². The maximum absolute atomic E-state index is 2.71. The lowest BCUT2D eigenvalue weighted by molar-refractivity contribution is -0.144. The van der Waals surface area contributed by atoms with Crippen LogP contribution in [0.4, 0.5) is 0 Å². The molecule has 6 atom stereocenters. The van der Waals surface area contributed by atoms with Crippen LogP contribution in [0.1, 0.15) is 91.9 Å². The first-order valence-electron chi connectivity index (χ1n) is 10.1. The molecule has 22 heavy (non-hydrogen) atoms. The molecule has 0 heteroatoms. The molecule has 0 aliphatic heterocycles. The Kier molecular flexibility index (Phi) is 3.38. The van der Waals surface area contributed by atoms with Gasteiger partial charge in [-0.3, -0.25) is 0 Å². The Bertz CT molecular complexity index is 488. The van der Waals surface area contributed by atoms with Gasteiger partial charge >= 0.3 is 0 Å². The van der Waals surface area contributed by atoms with E-state index in [1.54, 1.807) is 5.57 Å². The summed E-state index contributed by atoms with van der Waals surface area (Å²) in [5, 5.41) is 0. The van der Waals surface area contributed by atoms with Crippen molar-refractivity contribution >= 4 is 0 Å². The Morgan fingerprint density at radius 3 is 2.41 bits per heavy atom. The molecule has 0 heterocycles. The molecule has 0 nitrogen and oxygen atoms in total. The van der Waals surface area contributed by atoms with Gasteiger partial charge < -0.3 is 0 Å². The van der Waals surface area contributed by atoms with Gasteiger partial charge in [0.25, 0.3) is 0 Å². The van der Waals surface area contributed by atoms with Crippen molar-refractivity contribution in [3.05, 3.63) is 11.6 Å².